The van der Waals surface area contributed by atoms with Gasteiger partial charge in [0.15, 0.2) is 5.58 Å². The second kappa shape index (κ2) is 9.60. The number of piperidine rings is 1. The summed E-state index contributed by atoms with van der Waals surface area (Å²) in [5.41, 5.74) is 1.78. The normalized spacial score (nSPS) is 15.3. The number of carbonyl (C=O) groups is 1. The first-order valence-corrected chi connectivity index (χ1v) is 12.8. The van der Waals surface area contributed by atoms with Crippen LogP contribution in [0, 0.1) is 0 Å². The number of rotatable bonds is 7. The first-order chi connectivity index (χ1) is 14.9. The molecule has 1 saturated heterocycles. The molecule has 0 atom stereocenters. The smallest absolute Gasteiger partial charge is 0.257 e. The topological polar surface area (TPSA) is 92.5 Å². The van der Waals surface area contributed by atoms with Crippen LogP contribution in [0.25, 0.3) is 11.1 Å². The van der Waals surface area contributed by atoms with E-state index in [1.807, 2.05) is 18.2 Å². The summed E-state index contributed by atoms with van der Waals surface area (Å²) in [7, 11) is -3.54. The number of halogens is 1. The second-order valence-electron chi connectivity index (χ2n) is 7.23. The lowest BCUT2D eigenvalue weighted by Crippen LogP contribution is -2.35. The van der Waals surface area contributed by atoms with Gasteiger partial charge in [-0.2, -0.15) is 4.31 Å². The Kier molecular flexibility index (Phi) is 6.86. The van der Waals surface area contributed by atoms with Crippen LogP contribution in [-0.4, -0.2) is 42.5 Å². The van der Waals surface area contributed by atoms with E-state index in [9.17, 15) is 13.2 Å². The highest BCUT2D eigenvalue weighted by molar-refractivity contribution is 7.99. The fourth-order valence-electron chi connectivity index (χ4n) is 3.38. The Balaban J connectivity index is 1.39. The molecule has 1 fully saturated rings. The molecular weight excluding hydrogens is 458 g/mol. The Morgan fingerprint density at radius 2 is 1.94 bits per heavy atom. The maximum absolute atomic E-state index is 12.9. The van der Waals surface area contributed by atoms with Crippen LogP contribution in [0.2, 0.25) is 5.02 Å². The Hall–Kier alpha value is -2.07. The average Bonchev–Trinajstić information content (AvgIpc) is 3.20. The zero-order chi connectivity index (χ0) is 21.8. The molecule has 0 saturated carbocycles. The van der Waals surface area contributed by atoms with Gasteiger partial charge < -0.3 is 9.73 Å². The van der Waals surface area contributed by atoms with Crippen LogP contribution in [0.1, 0.15) is 24.8 Å². The number of nitrogens with one attached hydrogen (secondary N) is 1. The molecule has 10 heteroatoms. The summed E-state index contributed by atoms with van der Waals surface area (Å²) in [6, 6.07) is 12.0. The van der Waals surface area contributed by atoms with Crippen molar-refractivity contribution >= 4 is 50.4 Å². The van der Waals surface area contributed by atoms with Gasteiger partial charge in [-0.25, -0.2) is 13.4 Å². The molecule has 1 aliphatic heterocycles. The van der Waals surface area contributed by atoms with Gasteiger partial charge in [0.1, 0.15) is 5.52 Å². The Labute approximate surface area is 190 Å². The highest BCUT2D eigenvalue weighted by Crippen LogP contribution is 2.27. The first kappa shape index (κ1) is 22.1. The summed E-state index contributed by atoms with van der Waals surface area (Å²) in [5.74, 6) is -0.0588. The number of amides is 1. The van der Waals surface area contributed by atoms with Crippen molar-refractivity contribution in [1.29, 1.82) is 0 Å². The fraction of sp³-hybridized carbons (Fsp3) is 0.333. The van der Waals surface area contributed by atoms with E-state index < -0.39 is 10.0 Å². The fourth-order valence-corrected chi connectivity index (χ4v) is 5.78. The quantitative estimate of drug-likeness (QED) is 0.513. The van der Waals surface area contributed by atoms with Crippen molar-refractivity contribution in [3.8, 4) is 0 Å². The van der Waals surface area contributed by atoms with Gasteiger partial charge in [-0.05, 0) is 42.7 Å². The second-order valence-corrected chi connectivity index (χ2v) is 10.5. The molecule has 3 aromatic rings. The molecule has 0 spiro atoms. The summed E-state index contributed by atoms with van der Waals surface area (Å²) in [6.07, 6.45) is 2.82. The van der Waals surface area contributed by atoms with Crippen LogP contribution >= 0.6 is 23.4 Å². The molecule has 31 heavy (non-hydrogen) atoms. The molecule has 1 aliphatic rings. The molecule has 0 bridgehead atoms. The van der Waals surface area contributed by atoms with E-state index in [0.717, 1.165) is 36.6 Å². The van der Waals surface area contributed by atoms with Crippen LogP contribution < -0.4 is 5.32 Å². The minimum Gasteiger partial charge on any atom is -0.431 e. The van der Waals surface area contributed by atoms with E-state index in [1.165, 1.54) is 10.4 Å². The van der Waals surface area contributed by atoms with Gasteiger partial charge >= 0.3 is 0 Å². The highest BCUT2D eigenvalue weighted by atomic mass is 35.5. The van der Waals surface area contributed by atoms with Gasteiger partial charge in [0, 0.05) is 24.7 Å². The van der Waals surface area contributed by atoms with Gasteiger partial charge in [0.2, 0.25) is 15.9 Å². The molecule has 0 unspecified atom stereocenters. The third-order valence-corrected chi connectivity index (χ3v) is 8.14. The number of hydrogen-bond acceptors (Lipinski definition) is 6. The van der Waals surface area contributed by atoms with Gasteiger partial charge in [0.05, 0.1) is 10.6 Å². The van der Waals surface area contributed by atoms with E-state index in [0.29, 0.717) is 41.0 Å². The first-order valence-electron chi connectivity index (χ1n) is 9.97. The average molecular weight is 480 g/mol. The number of oxazole rings is 1. The lowest BCUT2D eigenvalue weighted by molar-refractivity contribution is -0.118. The molecule has 2 aromatic carbocycles. The molecule has 7 nitrogen and oxygen atoms in total. The number of hydrogen-bond donors (Lipinski definition) is 1. The van der Waals surface area contributed by atoms with Crippen LogP contribution in [0.5, 0.6) is 0 Å². The number of nitrogens with zero attached hydrogens (tertiary/aromatic N) is 2. The van der Waals surface area contributed by atoms with Gasteiger partial charge in [-0.15, -0.1) is 0 Å². The van der Waals surface area contributed by atoms with Crippen molar-refractivity contribution in [2.24, 2.45) is 0 Å². The summed E-state index contributed by atoms with van der Waals surface area (Å²) >= 11 is 7.25. The van der Waals surface area contributed by atoms with Crippen LogP contribution in [-0.2, 0) is 21.4 Å². The highest BCUT2D eigenvalue weighted by Gasteiger charge is 2.26. The zero-order valence-electron chi connectivity index (χ0n) is 16.7. The number of aromatic nitrogens is 1. The maximum Gasteiger partial charge on any atom is 0.257 e. The third kappa shape index (κ3) is 5.23. The molecule has 0 aliphatic carbocycles. The van der Waals surface area contributed by atoms with Gasteiger partial charge in [0.25, 0.3) is 5.22 Å². The minimum atomic E-state index is -3.54. The zero-order valence-corrected chi connectivity index (χ0v) is 19.1. The standard InChI is InChI=1S/C21H22ClN3O4S2/c22-17-7-3-2-6-15(17)13-23-20(26)14-30-21-24-18-12-16(8-9-19(18)29-21)31(27,28)25-10-4-1-5-11-25/h2-3,6-9,12H,1,4-5,10-11,13-14H2,(H,23,26). The summed E-state index contributed by atoms with van der Waals surface area (Å²) < 4.78 is 32.9. The summed E-state index contributed by atoms with van der Waals surface area (Å²) in [6.45, 7) is 1.43. The number of carbonyl (C=O) groups excluding carboxylic acids is 1. The molecule has 1 N–H and O–H groups in total. The molecular formula is C21H22ClN3O4S2. The van der Waals surface area contributed by atoms with Gasteiger partial charge in [-0.1, -0.05) is 48.0 Å². The molecule has 1 amide bonds. The van der Waals surface area contributed by atoms with Crippen molar-refractivity contribution in [2.75, 3.05) is 18.8 Å². The molecule has 1 aromatic heterocycles. The molecule has 164 valence electrons. The molecule has 0 radical (unpaired) electrons. The molecule has 4 rings (SSSR count). The predicted octanol–water partition coefficient (Wildman–Crippen LogP) is 4.06. The number of fused-ring (bicyclic) bond motifs is 1. The number of thioether (sulfide) groups is 1. The Morgan fingerprint density at radius 1 is 1.16 bits per heavy atom. The Morgan fingerprint density at radius 3 is 2.71 bits per heavy atom. The van der Waals surface area contributed by atoms with Gasteiger partial charge in [-0.3, -0.25) is 4.79 Å². The Bertz CT molecular complexity index is 1190. The van der Waals surface area contributed by atoms with Crippen molar-refractivity contribution in [2.45, 2.75) is 35.9 Å². The largest absolute Gasteiger partial charge is 0.431 e. The van der Waals surface area contributed by atoms with E-state index in [4.69, 9.17) is 16.0 Å². The van der Waals surface area contributed by atoms with Crippen LogP contribution in [0.3, 0.4) is 0 Å². The van der Waals surface area contributed by atoms with E-state index in [-0.39, 0.29) is 16.6 Å². The van der Waals surface area contributed by atoms with Crippen molar-refractivity contribution in [3.63, 3.8) is 0 Å². The van der Waals surface area contributed by atoms with Crippen molar-refractivity contribution in [1.82, 2.24) is 14.6 Å². The van der Waals surface area contributed by atoms with Crippen molar-refractivity contribution < 1.29 is 17.6 Å². The summed E-state index contributed by atoms with van der Waals surface area (Å²) in [4.78, 5) is 16.7. The minimum absolute atomic E-state index is 0.121. The van der Waals surface area contributed by atoms with Crippen molar-refractivity contribution in [3.05, 3.63) is 53.1 Å². The lowest BCUT2D eigenvalue weighted by Gasteiger charge is -2.25. The number of sulfonamides is 1. The third-order valence-electron chi connectivity index (χ3n) is 5.05. The van der Waals surface area contributed by atoms with E-state index in [2.05, 4.69) is 10.3 Å². The van der Waals surface area contributed by atoms with Crippen LogP contribution in [0.4, 0.5) is 0 Å². The van der Waals surface area contributed by atoms with E-state index >= 15 is 0 Å². The lowest BCUT2D eigenvalue weighted by atomic mass is 10.2. The maximum atomic E-state index is 12.9. The van der Waals surface area contributed by atoms with Crippen LogP contribution in [0.15, 0.2) is 57.0 Å². The van der Waals surface area contributed by atoms with E-state index in [1.54, 1.807) is 18.2 Å². The SMILES string of the molecule is O=C(CSc1nc2cc(S(=O)(=O)N3CCCCC3)ccc2o1)NCc1ccccc1Cl. The predicted molar refractivity (Wildman–Crippen MR) is 121 cm³/mol. The molecule has 2 heterocycles. The summed E-state index contributed by atoms with van der Waals surface area (Å²) in [5, 5.41) is 3.73. The number of benzene rings is 2. The monoisotopic (exact) mass is 479 g/mol.